The van der Waals surface area contributed by atoms with Gasteiger partial charge in [-0.15, -0.1) is 0 Å². The van der Waals surface area contributed by atoms with Crippen LogP contribution in [0.3, 0.4) is 0 Å². The molecule has 3 N–H and O–H groups in total. The van der Waals surface area contributed by atoms with E-state index < -0.39 is 0 Å². The standard InChI is InChI=1S/C12H17NO2/c13-12(5-6-12)9-10-1-3-11(4-2-10)15-8-7-14/h1-4,14H,5-9,13H2. The fraction of sp³-hybridized carbons (Fsp3) is 0.500. The fourth-order valence-electron chi connectivity index (χ4n) is 1.61. The van der Waals surface area contributed by atoms with Crippen LogP contribution in [0.15, 0.2) is 24.3 Å². The minimum atomic E-state index is 0.0493. The van der Waals surface area contributed by atoms with Crippen molar-refractivity contribution in [2.45, 2.75) is 24.8 Å². The van der Waals surface area contributed by atoms with E-state index in [1.54, 1.807) is 0 Å². The van der Waals surface area contributed by atoms with Crippen LogP contribution in [0, 0.1) is 0 Å². The number of aliphatic hydroxyl groups excluding tert-OH is 1. The third-order valence-electron chi connectivity index (χ3n) is 2.73. The molecule has 15 heavy (non-hydrogen) atoms. The van der Waals surface area contributed by atoms with Crippen LogP contribution in [-0.2, 0) is 6.42 Å². The third kappa shape index (κ3) is 2.94. The maximum absolute atomic E-state index is 8.60. The van der Waals surface area contributed by atoms with Crippen molar-refractivity contribution in [1.82, 2.24) is 0 Å². The van der Waals surface area contributed by atoms with Crippen molar-refractivity contribution in [3.05, 3.63) is 29.8 Å². The molecular weight excluding hydrogens is 190 g/mol. The lowest BCUT2D eigenvalue weighted by Crippen LogP contribution is -2.24. The molecule has 0 amide bonds. The Bertz CT molecular complexity index is 317. The van der Waals surface area contributed by atoms with Crippen LogP contribution in [0.25, 0.3) is 0 Å². The molecule has 0 bridgehead atoms. The Balaban J connectivity index is 1.91. The van der Waals surface area contributed by atoms with Gasteiger partial charge in [-0.2, -0.15) is 0 Å². The first-order valence-corrected chi connectivity index (χ1v) is 5.33. The summed E-state index contributed by atoms with van der Waals surface area (Å²) in [6, 6.07) is 7.94. The van der Waals surface area contributed by atoms with E-state index in [2.05, 4.69) is 0 Å². The zero-order chi connectivity index (χ0) is 10.7. The molecule has 0 heterocycles. The molecule has 1 saturated carbocycles. The van der Waals surface area contributed by atoms with Crippen molar-refractivity contribution < 1.29 is 9.84 Å². The molecule has 1 fully saturated rings. The van der Waals surface area contributed by atoms with Gasteiger partial charge in [-0.1, -0.05) is 12.1 Å². The molecule has 0 aliphatic heterocycles. The molecule has 0 aromatic heterocycles. The highest BCUT2D eigenvalue weighted by Gasteiger charge is 2.37. The van der Waals surface area contributed by atoms with Crippen molar-refractivity contribution in [2.24, 2.45) is 5.73 Å². The highest BCUT2D eigenvalue weighted by atomic mass is 16.5. The van der Waals surface area contributed by atoms with E-state index in [0.29, 0.717) is 6.61 Å². The van der Waals surface area contributed by atoms with Crippen LogP contribution in [-0.4, -0.2) is 23.9 Å². The second-order valence-corrected chi connectivity index (χ2v) is 4.26. The minimum Gasteiger partial charge on any atom is -0.491 e. The van der Waals surface area contributed by atoms with E-state index in [1.165, 1.54) is 5.56 Å². The summed E-state index contributed by atoms with van der Waals surface area (Å²) in [7, 11) is 0. The summed E-state index contributed by atoms with van der Waals surface area (Å²) in [5.41, 5.74) is 7.35. The predicted octanol–water partition coefficient (Wildman–Crippen LogP) is 1.09. The zero-order valence-corrected chi connectivity index (χ0v) is 8.78. The smallest absolute Gasteiger partial charge is 0.119 e. The largest absolute Gasteiger partial charge is 0.491 e. The number of hydrogen-bond acceptors (Lipinski definition) is 3. The summed E-state index contributed by atoms with van der Waals surface area (Å²) >= 11 is 0. The lowest BCUT2D eigenvalue weighted by Gasteiger charge is -2.09. The Morgan fingerprint density at radius 3 is 2.47 bits per heavy atom. The highest BCUT2D eigenvalue weighted by molar-refractivity contribution is 5.29. The van der Waals surface area contributed by atoms with Gasteiger partial charge < -0.3 is 15.6 Å². The quantitative estimate of drug-likeness (QED) is 0.760. The lowest BCUT2D eigenvalue weighted by molar-refractivity contribution is 0.201. The van der Waals surface area contributed by atoms with Gasteiger partial charge in [-0.3, -0.25) is 0 Å². The van der Waals surface area contributed by atoms with E-state index in [-0.39, 0.29) is 12.1 Å². The monoisotopic (exact) mass is 207 g/mol. The molecule has 2 rings (SSSR count). The van der Waals surface area contributed by atoms with Crippen LogP contribution in [0.5, 0.6) is 5.75 Å². The Morgan fingerprint density at radius 2 is 1.93 bits per heavy atom. The van der Waals surface area contributed by atoms with Gasteiger partial charge in [-0.05, 0) is 37.0 Å². The molecule has 0 radical (unpaired) electrons. The summed E-state index contributed by atoms with van der Waals surface area (Å²) in [5, 5.41) is 8.60. The van der Waals surface area contributed by atoms with Crippen LogP contribution in [0.1, 0.15) is 18.4 Å². The number of hydrogen-bond donors (Lipinski definition) is 2. The normalized spacial score (nSPS) is 17.5. The third-order valence-corrected chi connectivity index (χ3v) is 2.73. The number of rotatable bonds is 5. The van der Waals surface area contributed by atoms with Crippen molar-refractivity contribution in [3.8, 4) is 5.75 Å². The average molecular weight is 207 g/mol. The highest BCUT2D eigenvalue weighted by Crippen LogP contribution is 2.35. The van der Waals surface area contributed by atoms with Gasteiger partial charge in [0.1, 0.15) is 12.4 Å². The van der Waals surface area contributed by atoms with E-state index in [0.717, 1.165) is 25.0 Å². The van der Waals surface area contributed by atoms with Gasteiger partial charge >= 0.3 is 0 Å². The molecule has 82 valence electrons. The van der Waals surface area contributed by atoms with Crippen molar-refractivity contribution in [3.63, 3.8) is 0 Å². The summed E-state index contributed by atoms with van der Waals surface area (Å²) in [6.45, 7) is 0.397. The van der Waals surface area contributed by atoms with Crippen molar-refractivity contribution >= 4 is 0 Å². The van der Waals surface area contributed by atoms with Crippen molar-refractivity contribution in [1.29, 1.82) is 0 Å². The maximum Gasteiger partial charge on any atom is 0.119 e. The first kappa shape index (κ1) is 10.5. The Kier molecular flexibility index (Phi) is 2.93. The zero-order valence-electron chi connectivity index (χ0n) is 8.78. The molecule has 3 nitrogen and oxygen atoms in total. The lowest BCUT2D eigenvalue weighted by atomic mass is 10.1. The van der Waals surface area contributed by atoms with Crippen LogP contribution in [0.4, 0.5) is 0 Å². The van der Waals surface area contributed by atoms with Crippen LogP contribution >= 0.6 is 0 Å². The second-order valence-electron chi connectivity index (χ2n) is 4.26. The van der Waals surface area contributed by atoms with E-state index >= 15 is 0 Å². The van der Waals surface area contributed by atoms with Gasteiger partial charge in [0.25, 0.3) is 0 Å². The molecule has 3 heteroatoms. The number of aliphatic hydroxyl groups is 1. The SMILES string of the molecule is NC1(Cc2ccc(OCCO)cc2)CC1. The van der Waals surface area contributed by atoms with Gasteiger partial charge in [-0.25, -0.2) is 0 Å². The van der Waals surface area contributed by atoms with Gasteiger partial charge in [0, 0.05) is 5.54 Å². The second kappa shape index (κ2) is 4.21. The fourth-order valence-corrected chi connectivity index (χ4v) is 1.61. The minimum absolute atomic E-state index is 0.0493. The number of nitrogens with two attached hydrogens (primary N) is 1. The maximum atomic E-state index is 8.60. The molecule has 1 aliphatic rings. The Hall–Kier alpha value is -1.06. The van der Waals surface area contributed by atoms with Crippen LogP contribution < -0.4 is 10.5 Å². The summed E-state index contributed by atoms with van der Waals surface area (Å²) in [5.74, 6) is 0.801. The van der Waals surface area contributed by atoms with Crippen LogP contribution in [0.2, 0.25) is 0 Å². The van der Waals surface area contributed by atoms with E-state index in [1.807, 2.05) is 24.3 Å². The molecule has 1 aromatic carbocycles. The molecule has 1 aromatic rings. The van der Waals surface area contributed by atoms with Gasteiger partial charge in [0.15, 0.2) is 0 Å². The summed E-state index contributed by atoms with van der Waals surface area (Å²) in [6.07, 6.45) is 3.22. The first-order chi connectivity index (χ1) is 7.22. The molecule has 1 aliphatic carbocycles. The molecule has 0 saturated heterocycles. The molecule has 0 spiro atoms. The van der Waals surface area contributed by atoms with Gasteiger partial charge in [0.2, 0.25) is 0 Å². The Labute approximate surface area is 89.9 Å². The van der Waals surface area contributed by atoms with E-state index in [9.17, 15) is 0 Å². The topological polar surface area (TPSA) is 55.5 Å². The Morgan fingerprint density at radius 1 is 1.27 bits per heavy atom. The van der Waals surface area contributed by atoms with Gasteiger partial charge in [0.05, 0.1) is 6.61 Å². The number of benzene rings is 1. The average Bonchev–Trinajstić information content (AvgIpc) is 2.95. The predicted molar refractivity (Wildman–Crippen MR) is 58.9 cm³/mol. The summed E-state index contributed by atoms with van der Waals surface area (Å²) in [4.78, 5) is 0. The first-order valence-electron chi connectivity index (χ1n) is 5.33. The molecular formula is C12H17NO2. The van der Waals surface area contributed by atoms with Crippen molar-refractivity contribution in [2.75, 3.05) is 13.2 Å². The number of ether oxygens (including phenoxy) is 1. The van der Waals surface area contributed by atoms with E-state index in [4.69, 9.17) is 15.6 Å². The molecule has 0 unspecified atom stereocenters. The molecule has 0 atom stereocenters. The summed E-state index contributed by atoms with van der Waals surface area (Å²) < 4.78 is 5.27.